The van der Waals surface area contributed by atoms with Crippen molar-refractivity contribution < 1.29 is 14.3 Å². The van der Waals surface area contributed by atoms with Crippen molar-refractivity contribution >= 4 is 23.4 Å². The fourth-order valence-electron chi connectivity index (χ4n) is 1.43. The highest BCUT2D eigenvalue weighted by Crippen LogP contribution is 2.26. The van der Waals surface area contributed by atoms with E-state index in [4.69, 9.17) is 15.2 Å². The van der Waals surface area contributed by atoms with Crippen LogP contribution in [0.4, 0.5) is 5.69 Å². The molecule has 0 unspecified atom stereocenters. The van der Waals surface area contributed by atoms with Crippen LogP contribution in [0.25, 0.3) is 0 Å². The number of esters is 1. The molecule has 0 fully saturated rings. The van der Waals surface area contributed by atoms with Gasteiger partial charge in [-0.3, -0.25) is 0 Å². The minimum atomic E-state index is -0.320. The zero-order valence-electron chi connectivity index (χ0n) is 10.8. The first-order chi connectivity index (χ1) is 8.69. The lowest BCUT2D eigenvalue weighted by atomic mass is 10.2. The molecule has 0 bridgehead atoms. The summed E-state index contributed by atoms with van der Waals surface area (Å²) in [6.07, 6.45) is 0.938. The standard InChI is InChI=1S/C13H19NO3S/c1-3-17-13(15)11-9-10(14)5-6-12(11)18-8-4-7-16-2/h5-6,9H,3-4,7-8,14H2,1-2H3. The van der Waals surface area contributed by atoms with Crippen molar-refractivity contribution in [2.45, 2.75) is 18.2 Å². The fourth-order valence-corrected chi connectivity index (χ4v) is 2.37. The molecule has 0 saturated carbocycles. The molecule has 18 heavy (non-hydrogen) atoms. The van der Waals surface area contributed by atoms with E-state index < -0.39 is 0 Å². The van der Waals surface area contributed by atoms with Crippen LogP contribution in [0, 0.1) is 0 Å². The molecule has 5 heteroatoms. The Morgan fingerprint density at radius 1 is 1.44 bits per heavy atom. The van der Waals surface area contributed by atoms with E-state index in [1.54, 1.807) is 37.9 Å². The summed E-state index contributed by atoms with van der Waals surface area (Å²) < 4.78 is 10.0. The van der Waals surface area contributed by atoms with Crippen molar-refractivity contribution in [1.82, 2.24) is 0 Å². The number of hydrogen-bond donors (Lipinski definition) is 1. The van der Waals surface area contributed by atoms with E-state index in [1.807, 2.05) is 6.07 Å². The molecule has 0 heterocycles. The lowest BCUT2D eigenvalue weighted by Gasteiger charge is -2.09. The Morgan fingerprint density at radius 2 is 2.22 bits per heavy atom. The molecule has 100 valence electrons. The third-order valence-electron chi connectivity index (χ3n) is 2.25. The van der Waals surface area contributed by atoms with E-state index in [9.17, 15) is 4.79 Å². The topological polar surface area (TPSA) is 61.5 Å². The van der Waals surface area contributed by atoms with Crippen LogP contribution in [0.3, 0.4) is 0 Å². The van der Waals surface area contributed by atoms with E-state index in [-0.39, 0.29) is 5.97 Å². The van der Waals surface area contributed by atoms with Gasteiger partial charge in [-0.2, -0.15) is 0 Å². The van der Waals surface area contributed by atoms with E-state index in [0.29, 0.717) is 17.9 Å². The summed E-state index contributed by atoms with van der Waals surface area (Å²) in [7, 11) is 1.68. The molecule has 0 aliphatic carbocycles. The van der Waals surface area contributed by atoms with Crippen molar-refractivity contribution in [1.29, 1.82) is 0 Å². The number of rotatable bonds is 7. The maximum absolute atomic E-state index is 11.8. The molecule has 0 saturated heterocycles. The number of nitrogen functional groups attached to an aromatic ring is 1. The first-order valence-corrected chi connectivity index (χ1v) is 6.86. The SMILES string of the molecule is CCOC(=O)c1cc(N)ccc1SCCCOC. The minimum absolute atomic E-state index is 0.320. The first-order valence-electron chi connectivity index (χ1n) is 5.87. The minimum Gasteiger partial charge on any atom is -0.462 e. The lowest BCUT2D eigenvalue weighted by molar-refractivity contribution is 0.0522. The van der Waals surface area contributed by atoms with Gasteiger partial charge in [0, 0.05) is 30.1 Å². The molecule has 1 aromatic rings. The van der Waals surface area contributed by atoms with E-state index in [2.05, 4.69) is 0 Å². The van der Waals surface area contributed by atoms with Gasteiger partial charge in [-0.1, -0.05) is 0 Å². The van der Waals surface area contributed by atoms with Gasteiger partial charge in [0.1, 0.15) is 0 Å². The largest absolute Gasteiger partial charge is 0.462 e. The molecule has 1 aromatic carbocycles. The number of anilines is 1. The molecule has 0 aliphatic rings. The monoisotopic (exact) mass is 269 g/mol. The molecule has 4 nitrogen and oxygen atoms in total. The number of nitrogens with two attached hydrogens (primary N) is 1. The van der Waals surface area contributed by atoms with Crippen molar-refractivity contribution in [2.24, 2.45) is 0 Å². The van der Waals surface area contributed by atoms with Gasteiger partial charge >= 0.3 is 5.97 Å². The van der Waals surface area contributed by atoms with Crippen LogP contribution >= 0.6 is 11.8 Å². The Hall–Kier alpha value is -1.20. The lowest BCUT2D eigenvalue weighted by Crippen LogP contribution is -2.07. The highest BCUT2D eigenvalue weighted by atomic mass is 32.2. The van der Waals surface area contributed by atoms with Gasteiger partial charge in [0.2, 0.25) is 0 Å². The molecule has 0 atom stereocenters. The molecule has 0 spiro atoms. The predicted octanol–water partition coefficient (Wildman–Crippen LogP) is 2.57. The maximum atomic E-state index is 11.8. The summed E-state index contributed by atoms with van der Waals surface area (Å²) in [6, 6.07) is 5.32. The summed E-state index contributed by atoms with van der Waals surface area (Å²) in [6.45, 7) is 2.87. The zero-order valence-corrected chi connectivity index (χ0v) is 11.6. The van der Waals surface area contributed by atoms with Crippen LogP contribution in [0.2, 0.25) is 0 Å². The fraction of sp³-hybridized carbons (Fsp3) is 0.462. The number of benzene rings is 1. The molecule has 1 rings (SSSR count). The number of hydrogen-bond acceptors (Lipinski definition) is 5. The predicted molar refractivity (Wildman–Crippen MR) is 74.0 cm³/mol. The second-order valence-corrected chi connectivity index (χ2v) is 4.81. The number of methoxy groups -OCH3 is 1. The van der Waals surface area contributed by atoms with Crippen molar-refractivity contribution in [3.8, 4) is 0 Å². The summed E-state index contributed by atoms with van der Waals surface area (Å²) in [5, 5.41) is 0. The number of thioether (sulfide) groups is 1. The van der Waals surface area contributed by atoms with Crippen LogP contribution in [0.5, 0.6) is 0 Å². The third-order valence-corrected chi connectivity index (χ3v) is 3.41. The average Bonchev–Trinajstić information content (AvgIpc) is 2.36. The smallest absolute Gasteiger partial charge is 0.339 e. The summed E-state index contributed by atoms with van der Waals surface area (Å²) in [5.41, 5.74) is 6.81. The molecule has 0 aromatic heterocycles. The summed E-state index contributed by atoms with van der Waals surface area (Å²) in [5.74, 6) is 0.573. The van der Waals surface area contributed by atoms with Crippen molar-refractivity contribution in [2.75, 3.05) is 31.8 Å². The second kappa shape index (κ2) is 8.00. The molecular formula is C13H19NO3S. The van der Waals surface area contributed by atoms with Gasteiger partial charge < -0.3 is 15.2 Å². The normalized spacial score (nSPS) is 10.3. The van der Waals surface area contributed by atoms with Gasteiger partial charge in [0.05, 0.1) is 12.2 Å². The van der Waals surface area contributed by atoms with Crippen LogP contribution in [0.1, 0.15) is 23.7 Å². The summed E-state index contributed by atoms with van der Waals surface area (Å²) >= 11 is 1.61. The second-order valence-electron chi connectivity index (χ2n) is 3.67. The van der Waals surface area contributed by atoms with Gasteiger partial charge in [0.15, 0.2) is 0 Å². The van der Waals surface area contributed by atoms with E-state index in [1.165, 1.54) is 0 Å². The van der Waals surface area contributed by atoms with Gasteiger partial charge in [-0.05, 0) is 31.5 Å². The van der Waals surface area contributed by atoms with Gasteiger partial charge in [0.25, 0.3) is 0 Å². The highest BCUT2D eigenvalue weighted by Gasteiger charge is 2.13. The van der Waals surface area contributed by atoms with E-state index in [0.717, 1.165) is 23.7 Å². The van der Waals surface area contributed by atoms with Crippen LogP contribution in [0.15, 0.2) is 23.1 Å². The van der Waals surface area contributed by atoms with Crippen LogP contribution < -0.4 is 5.73 Å². The zero-order chi connectivity index (χ0) is 13.4. The van der Waals surface area contributed by atoms with Crippen LogP contribution in [-0.4, -0.2) is 32.0 Å². The van der Waals surface area contributed by atoms with Crippen molar-refractivity contribution in [3.63, 3.8) is 0 Å². The molecule has 2 N–H and O–H groups in total. The Balaban J connectivity index is 2.73. The highest BCUT2D eigenvalue weighted by molar-refractivity contribution is 7.99. The third kappa shape index (κ3) is 4.58. The molecular weight excluding hydrogens is 250 g/mol. The van der Waals surface area contributed by atoms with Gasteiger partial charge in [-0.25, -0.2) is 4.79 Å². The van der Waals surface area contributed by atoms with Crippen LogP contribution in [-0.2, 0) is 9.47 Å². The maximum Gasteiger partial charge on any atom is 0.339 e. The quantitative estimate of drug-likeness (QED) is 0.357. The molecule has 0 amide bonds. The molecule has 0 radical (unpaired) electrons. The number of carbonyl (C=O) groups excluding carboxylic acids is 1. The molecule has 0 aliphatic heterocycles. The average molecular weight is 269 g/mol. The number of carbonyl (C=O) groups is 1. The Bertz CT molecular complexity index is 396. The Kier molecular flexibility index (Phi) is 6.60. The van der Waals surface area contributed by atoms with E-state index >= 15 is 0 Å². The first kappa shape index (κ1) is 14.9. The summed E-state index contributed by atoms with van der Waals surface area (Å²) in [4.78, 5) is 12.7. The Morgan fingerprint density at radius 3 is 2.89 bits per heavy atom. The Labute approximate surface area is 112 Å². The van der Waals surface area contributed by atoms with Crippen molar-refractivity contribution in [3.05, 3.63) is 23.8 Å². The number of ether oxygens (including phenoxy) is 2. The van der Waals surface area contributed by atoms with Gasteiger partial charge in [-0.15, -0.1) is 11.8 Å².